The summed E-state index contributed by atoms with van der Waals surface area (Å²) in [6, 6.07) is 47.8. The van der Waals surface area contributed by atoms with Gasteiger partial charge in [-0.25, -0.2) is 0 Å². The highest BCUT2D eigenvalue weighted by molar-refractivity contribution is 6.25. The number of hydrogen-bond donors (Lipinski definition) is 0. The second kappa shape index (κ2) is 8.57. The number of nitrogens with zero attached hydrogens (tertiary/aromatic N) is 1. The van der Waals surface area contributed by atoms with Gasteiger partial charge in [0.15, 0.2) is 0 Å². The maximum absolute atomic E-state index is 2.53. The fourth-order valence-corrected chi connectivity index (χ4v) is 8.24. The van der Waals surface area contributed by atoms with Crippen LogP contribution in [0.2, 0.25) is 0 Å². The zero-order chi connectivity index (χ0) is 28.0. The molecule has 200 valence electrons. The highest BCUT2D eigenvalue weighted by Crippen LogP contribution is 2.54. The maximum atomic E-state index is 2.53. The lowest BCUT2D eigenvalue weighted by Gasteiger charge is -2.29. The molecule has 9 rings (SSSR count). The van der Waals surface area contributed by atoms with E-state index in [1.54, 1.807) is 0 Å². The van der Waals surface area contributed by atoms with Crippen LogP contribution in [0.25, 0.3) is 70.9 Å². The van der Waals surface area contributed by atoms with Gasteiger partial charge in [-0.2, -0.15) is 0 Å². The molecule has 1 aromatic heterocycles. The van der Waals surface area contributed by atoms with E-state index in [9.17, 15) is 0 Å². The Hall–Kier alpha value is -4.88. The summed E-state index contributed by atoms with van der Waals surface area (Å²) in [7, 11) is 0. The summed E-state index contributed by atoms with van der Waals surface area (Å²) >= 11 is 0. The predicted octanol–water partition coefficient (Wildman–Crippen LogP) is 11.3. The van der Waals surface area contributed by atoms with Gasteiger partial charge in [0.2, 0.25) is 0 Å². The zero-order valence-corrected chi connectivity index (χ0v) is 24.0. The molecule has 42 heavy (non-hydrogen) atoms. The van der Waals surface area contributed by atoms with E-state index in [4.69, 9.17) is 0 Å². The molecule has 0 saturated heterocycles. The molecule has 7 aromatic carbocycles. The first-order valence-electron chi connectivity index (χ1n) is 15.2. The Bertz CT molecular complexity index is 2350. The van der Waals surface area contributed by atoms with Gasteiger partial charge in [-0.05, 0) is 97.7 Å². The van der Waals surface area contributed by atoms with Crippen LogP contribution in [0.15, 0.2) is 127 Å². The van der Waals surface area contributed by atoms with Gasteiger partial charge < -0.3 is 4.57 Å². The average molecular weight is 538 g/mol. The van der Waals surface area contributed by atoms with E-state index in [1.807, 2.05) is 0 Å². The van der Waals surface area contributed by atoms with Crippen molar-refractivity contribution in [3.63, 3.8) is 0 Å². The summed E-state index contributed by atoms with van der Waals surface area (Å²) in [6.07, 6.45) is 2.18. The Morgan fingerprint density at radius 3 is 1.69 bits per heavy atom. The Kier molecular flexibility index (Phi) is 4.85. The summed E-state index contributed by atoms with van der Waals surface area (Å²) in [5, 5.41) is 10.5. The van der Waals surface area contributed by atoms with Crippen molar-refractivity contribution in [1.82, 2.24) is 4.57 Å². The second-order valence-electron chi connectivity index (χ2n) is 11.9. The summed E-state index contributed by atoms with van der Waals surface area (Å²) in [5.74, 6) is 0. The molecule has 0 radical (unpaired) electrons. The van der Waals surface area contributed by atoms with E-state index in [2.05, 4.69) is 146 Å². The molecule has 0 N–H and O–H groups in total. The summed E-state index contributed by atoms with van der Waals surface area (Å²) < 4.78 is 2.51. The van der Waals surface area contributed by atoms with Crippen LogP contribution in [-0.4, -0.2) is 4.57 Å². The highest BCUT2D eigenvalue weighted by Gasteiger charge is 2.40. The normalized spacial score (nSPS) is 13.9. The van der Waals surface area contributed by atoms with E-state index in [0.29, 0.717) is 0 Å². The third-order valence-corrected chi connectivity index (χ3v) is 10.3. The van der Waals surface area contributed by atoms with Crippen molar-refractivity contribution in [3.8, 4) is 16.8 Å². The van der Waals surface area contributed by atoms with Crippen LogP contribution in [0.3, 0.4) is 0 Å². The van der Waals surface area contributed by atoms with Crippen molar-refractivity contribution in [2.75, 3.05) is 0 Å². The lowest BCUT2D eigenvalue weighted by Crippen LogP contribution is -2.23. The van der Waals surface area contributed by atoms with E-state index < -0.39 is 0 Å². The number of hydrogen-bond acceptors (Lipinski definition) is 0. The minimum absolute atomic E-state index is 0.0416. The zero-order valence-electron chi connectivity index (χ0n) is 24.0. The molecule has 1 nitrogen and oxygen atoms in total. The SMILES string of the molecule is CCC1(CC)c2ccccc2-c2cc3c4ccccc4n(-c4ccc5c6ccccc6c6ccccc6c5c4)c3cc21. The molecule has 0 unspecified atom stereocenters. The molecule has 1 aliphatic carbocycles. The minimum atomic E-state index is 0.0416. The average Bonchev–Trinajstić information content (AvgIpc) is 3.53. The van der Waals surface area contributed by atoms with Crippen molar-refractivity contribution in [1.29, 1.82) is 0 Å². The summed E-state index contributed by atoms with van der Waals surface area (Å²) in [6.45, 7) is 4.71. The Morgan fingerprint density at radius 2 is 1.00 bits per heavy atom. The largest absolute Gasteiger partial charge is 0.309 e. The monoisotopic (exact) mass is 537 g/mol. The first-order chi connectivity index (χ1) is 20.7. The van der Waals surface area contributed by atoms with Gasteiger partial charge in [0.1, 0.15) is 0 Å². The number of benzene rings is 7. The lowest BCUT2D eigenvalue weighted by atomic mass is 9.74. The van der Waals surface area contributed by atoms with Crippen LogP contribution < -0.4 is 0 Å². The van der Waals surface area contributed by atoms with Crippen LogP contribution >= 0.6 is 0 Å². The molecule has 1 heterocycles. The van der Waals surface area contributed by atoms with Crippen LogP contribution in [0.1, 0.15) is 37.8 Å². The second-order valence-corrected chi connectivity index (χ2v) is 11.9. The molecule has 0 saturated carbocycles. The fourth-order valence-electron chi connectivity index (χ4n) is 8.24. The Labute approximate surface area is 245 Å². The number of fused-ring (bicyclic) bond motifs is 12. The molecule has 0 atom stereocenters. The van der Waals surface area contributed by atoms with E-state index in [1.165, 1.54) is 82.1 Å². The first-order valence-corrected chi connectivity index (χ1v) is 15.2. The van der Waals surface area contributed by atoms with E-state index >= 15 is 0 Å². The molecule has 0 fully saturated rings. The molecular formula is C41H31N. The van der Waals surface area contributed by atoms with Crippen molar-refractivity contribution in [3.05, 3.63) is 139 Å². The molecule has 0 bridgehead atoms. The minimum Gasteiger partial charge on any atom is -0.309 e. The van der Waals surface area contributed by atoms with E-state index in [-0.39, 0.29) is 5.41 Å². The molecule has 1 aliphatic rings. The maximum Gasteiger partial charge on any atom is 0.0544 e. The van der Waals surface area contributed by atoms with Gasteiger partial charge in [0.25, 0.3) is 0 Å². The van der Waals surface area contributed by atoms with Gasteiger partial charge in [-0.15, -0.1) is 0 Å². The Morgan fingerprint density at radius 1 is 0.429 bits per heavy atom. The topological polar surface area (TPSA) is 4.93 Å². The number of rotatable bonds is 3. The van der Waals surface area contributed by atoms with Crippen LogP contribution in [0.5, 0.6) is 0 Å². The smallest absolute Gasteiger partial charge is 0.0544 e. The van der Waals surface area contributed by atoms with Crippen LogP contribution in [-0.2, 0) is 5.41 Å². The molecule has 0 spiro atoms. The van der Waals surface area contributed by atoms with Crippen molar-refractivity contribution >= 4 is 54.1 Å². The van der Waals surface area contributed by atoms with E-state index in [0.717, 1.165) is 12.8 Å². The molecule has 0 aliphatic heterocycles. The van der Waals surface area contributed by atoms with Crippen molar-refractivity contribution in [2.45, 2.75) is 32.1 Å². The first kappa shape index (κ1) is 23.8. The lowest BCUT2D eigenvalue weighted by molar-refractivity contribution is 0.491. The third kappa shape index (κ3) is 2.93. The van der Waals surface area contributed by atoms with Gasteiger partial charge in [0.05, 0.1) is 11.0 Å². The Balaban J connectivity index is 1.40. The van der Waals surface area contributed by atoms with Gasteiger partial charge in [0, 0.05) is 21.9 Å². The molecule has 8 aromatic rings. The number of aromatic nitrogens is 1. The van der Waals surface area contributed by atoms with Crippen LogP contribution in [0.4, 0.5) is 0 Å². The number of para-hydroxylation sites is 1. The summed E-state index contributed by atoms with van der Waals surface area (Å²) in [5.41, 5.74) is 9.56. The summed E-state index contributed by atoms with van der Waals surface area (Å²) in [4.78, 5) is 0. The van der Waals surface area contributed by atoms with Crippen molar-refractivity contribution < 1.29 is 0 Å². The predicted molar refractivity (Wildman–Crippen MR) is 180 cm³/mol. The van der Waals surface area contributed by atoms with Crippen LogP contribution in [0, 0.1) is 0 Å². The quantitative estimate of drug-likeness (QED) is 0.198. The third-order valence-electron chi connectivity index (χ3n) is 10.3. The van der Waals surface area contributed by atoms with Crippen molar-refractivity contribution in [2.24, 2.45) is 0 Å². The molecular weight excluding hydrogens is 506 g/mol. The standard InChI is InChI=1S/C41H31N/c1-3-41(4-2)37-19-11-9-17-32(37)35-24-36-33-18-10-12-20-39(33)42(40(36)25-38(35)41)26-21-22-31-29-15-6-5-13-27(29)28-14-7-8-16-30(28)34(31)23-26/h5-25H,3-4H2,1-2H3. The molecule has 1 heteroatoms. The molecule has 0 amide bonds. The highest BCUT2D eigenvalue weighted by atomic mass is 15.0. The van der Waals surface area contributed by atoms with Gasteiger partial charge in [-0.3, -0.25) is 0 Å². The van der Waals surface area contributed by atoms with Gasteiger partial charge in [-0.1, -0.05) is 111 Å². The fraction of sp³-hybridized carbons (Fsp3) is 0.122. The van der Waals surface area contributed by atoms with Gasteiger partial charge >= 0.3 is 0 Å².